The highest BCUT2D eigenvalue weighted by Crippen LogP contribution is 2.06. The van der Waals surface area contributed by atoms with Gasteiger partial charge in [-0.3, -0.25) is 0 Å². The molecule has 1 amide bonds. The van der Waals surface area contributed by atoms with Crippen LogP contribution >= 0.6 is 0 Å². The lowest BCUT2D eigenvalue weighted by Crippen LogP contribution is -2.23. The molecule has 4 nitrogen and oxygen atoms in total. The van der Waals surface area contributed by atoms with Gasteiger partial charge in [-0.25, -0.2) is 4.79 Å². The molecule has 0 heterocycles. The summed E-state index contributed by atoms with van der Waals surface area (Å²) >= 11 is 0. The molecule has 1 aromatic rings. The third kappa shape index (κ3) is 2.74. The van der Waals surface area contributed by atoms with Crippen LogP contribution in [0.25, 0.3) is 0 Å². The summed E-state index contributed by atoms with van der Waals surface area (Å²) in [6.45, 7) is 0.912. The summed E-state index contributed by atoms with van der Waals surface area (Å²) in [6.07, 6.45) is -0.923. The van der Waals surface area contributed by atoms with Gasteiger partial charge in [0.05, 0.1) is 0 Å². The minimum Gasteiger partial charge on any atom is -0.465 e. The van der Waals surface area contributed by atoms with E-state index < -0.39 is 6.09 Å². The lowest BCUT2D eigenvalue weighted by Gasteiger charge is -2.12. The molecule has 4 heteroatoms. The van der Waals surface area contributed by atoms with E-state index in [9.17, 15) is 4.79 Å². The van der Waals surface area contributed by atoms with Crippen molar-refractivity contribution in [1.82, 2.24) is 4.90 Å². The van der Waals surface area contributed by atoms with Crippen molar-refractivity contribution >= 4 is 6.09 Å². The number of carboxylic acid groups (broad SMARTS) is 1. The summed E-state index contributed by atoms with van der Waals surface area (Å²) in [7, 11) is 1.54. The fourth-order valence-corrected chi connectivity index (χ4v) is 1.12. The van der Waals surface area contributed by atoms with E-state index in [1.54, 1.807) is 7.05 Å². The van der Waals surface area contributed by atoms with Crippen LogP contribution in [0.5, 0.6) is 0 Å². The van der Waals surface area contributed by atoms with Gasteiger partial charge in [0.2, 0.25) is 0 Å². The quantitative estimate of drug-likeness (QED) is 0.761. The fraction of sp³-hybridized carbons (Fsp3) is 0.300. The first kappa shape index (κ1) is 10.5. The van der Waals surface area contributed by atoms with Crippen LogP contribution in [-0.2, 0) is 13.1 Å². The van der Waals surface area contributed by atoms with Gasteiger partial charge in [0.15, 0.2) is 0 Å². The maximum atomic E-state index is 10.5. The van der Waals surface area contributed by atoms with E-state index in [1.807, 2.05) is 24.3 Å². The first-order chi connectivity index (χ1) is 6.63. The summed E-state index contributed by atoms with van der Waals surface area (Å²) in [5, 5.41) is 8.65. The predicted molar refractivity (Wildman–Crippen MR) is 53.8 cm³/mol. The van der Waals surface area contributed by atoms with Crippen molar-refractivity contribution in [1.29, 1.82) is 0 Å². The van der Waals surface area contributed by atoms with Crippen LogP contribution in [0.1, 0.15) is 11.1 Å². The summed E-state index contributed by atoms with van der Waals surface area (Å²) in [6, 6.07) is 7.60. The first-order valence-corrected chi connectivity index (χ1v) is 4.35. The highest BCUT2D eigenvalue weighted by atomic mass is 16.4. The standard InChI is InChI=1S/C10H14N2O2/c1-12(10(13)14)7-9-4-2-8(6-11)3-5-9/h2-5H,6-7,11H2,1H3,(H,13,14). The van der Waals surface area contributed by atoms with Crippen LogP contribution in [0.15, 0.2) is 24.3 Å². The molecule has 0 unspecified atom stereocenters. The monoisotopic (exact) mass is 194 g/mol. The Balaban J connectivity index is 2.64. The number of amides is 1. The first-order valence-electron chi connectivity index (χ1n) is 4.35. The normalized spacial score (nSPS) is 9.86. The van der Waals surface area contributed by atoms with Crippen LogP contribution in [0, 0.1) is 0 Å². The number of rotatable bonds is 3. The molecule has 14 heavy (non-hydrogen) atoms. The Hall–Kier alpha value is -1.55. The number of carbonyl (C=O) groups is 1. The topological polar surface area (TPSA) is 66.6 Å². The molecule has 76 valence electrons. The van der Waals surface area contributed by atoms with E-state index in [-0.39, 0.29) is 0 Å². The number of nitrogens with zero attached hydrogens (tertiary/aromatic N) is 1. The fourth-order valence-electron chi connectivity index (χ4n) is 1.12. The van der Waals surface area contributed by atoms with Crippen molar-refractivity contribution < 1.29 is 9.90 Å². The lowest BCUT2D eigenvalue weighted by molar-refractivity contribution is 0.154. The van der Waals surface area contributed by atoms with Gasteiger partial charge in [-0.15, -0.1) is 0 Å². The van der Waals surface area contributed by atoms with Crippen LogP contribution in [-0.4, -0.2) is 23.1 Å². The zero-order valence-corrected chi connectivity index (χ0v) is 8.10. The van der Waals surface area contributed by atoms with E-state index in [0.29, 0.717) is 13.1 Å². The Kier molecular flexibility index (Phi) is 3.48. The van der Waals surface area contributed by atoms with Crippen LogP contribution in [0.3, 0.4) is 0 Å². The molecular weight excluding hydrogens is 180 g/mol. The molecule has 0 saturated heterocycles. The van der Waals surface area contributed by atoms with Gasteiger partial charge in [-0.1, -0.05) is 24.3 Å². The zero-order chi connectivity index (χ0) is 10.6. The molecule has 0 aliphatic carbocycles. The van der Waals surface area contributed by atoms with Gasteiger partial charge in [0.1, 0.15) is 0 Å². The van der Waals surface area contributed by atoms with E-state index in [1.165, 1.54) is 4.90 Å². The number of hydrogen-bond acceptors (Lipinski definition) is 2. The van der Waals surface area contributed by atoms with Crippen molar-refractivity contribution in [2.45, 2.75) is 13.1 Å². The third-order valence-electron chi connectivity index (χ3n) is 2.00. The van der Waals surface area contributed by atoms with Gasteiger partial charge in [-0.05, 0) is 11.1 Å². The molecule has 0 spiro atoms. The van der Waals surface area contributed by atoms with Gasteiger partial charge in [0.25, 0.3) is 0 Å². The maximum absolute atomic E-state index is 10.5. The molecule has 1 rings (SSSR count). The molecule has 0 saturated carbocycles. The molecule has 1 aromatic carbocycles. The Morgan fingerprint density at radius 3 is 2.29 bits per heavy atom. The molecule has 0 radical (unpaired) electrons. The predicted octanol–water partition coefficient (Wildman–Crippen LogP) is 1.26. The summed E-state index contributed by atoms with van der Waals surface area (Å²) in [4.78, 5) is 11.8. The Bertz CT molecular complexity index is 308. The van der Waals surface area contributed by atoms with Crippen molar-refractivity contribution in [2.75, 3.05) is 7.05 Å². The van der Waals surface area contributed by atoms with Crippen LogP contribution < -0.4 is 5.73 Å². The second-order valence-electron chi connectivity index (χ2n) is 3.16. The minimum atomic E-state index is -0.923. The SMILES string of the molecule is CN(Cc1ccc(CN)cc1)C(=O)O. The summed E-state index contributed by atoms with van der Waals surface area (Å²) < 4.78 is 0. The molecule has 0 aliphatic rings. The van der Waals surface area contributed by atoms with Gasteiger partial charge >= 0.3 is 6.09 Å². The Morgan fingerprint density at radius 2 is 1.86 bits per heavy atom. The van der Waals surface area contributed by atoms with Gasteiger partial charge in [0, 0.05) is 20.1 Å². The van der Waals surface area contributed by atoms with Gasteiger partial charge < -0.3 is 15.7 Å². The van der Waals surface area contributed by atoms with E-state index in [4.69, 9.17) is 10.8 Å². The van der Waals surface area contributed by atoms with Crippen LogP contribution in [0.4, 0.5) is 4.79 Å². The highest BCUT2D eigenvalue weighted by molar-refractivity contribution is 5.64. The molecule has 3 N–H and O–H groups in total. The maximum Gasteiger partial charge on any atom is 0.407 e. The molecule has 0 atom stereocenters. The Labute approximate surface area is 82.9 Å². The summed E-state index contributed by atoms with van der Waals surface area (Å²) in [5.74, 6) is 0. The zero-order valence-electron chi connectivity index (χ0n) is 8.10. The molecular formula is C10H14N2O2. The third-order valence-corrected chi connectivity index (χ3v) is 2.00. The Morgan fingerprint density at radius 1 is 1.36 bits per heavy atom. The number of nitrogens with two attached hydrogens (primary N) is 1. The number of benzene rings is 1. The van der Waals surface area contributed by atoms with Crippen molar-refractivity contribution in [2.24, 2.45) is 5.73 Å². The average molecular weight is 194 g/mol. The van der Waals surface area contributed by atoms with E-state index in [2.05, 4.69) is 0 Å². The molecule has 0 aliphatic heterocycles. The summed E-state index contributed by atoms with van der Waals surface area (Å²) in [5.41, 5.74) is 7.46. The smallest absolute Gasteiger partial charge is 0.407 e. The van der Waals surface area contributed by atoms with Gasteiger partial charge in [-0.2, -0.15) is 0 Å². The van der Waals surface area contributed by atoms with Crippen LogP contribution in [0.2, 0.25) is 0 Å². The van der Waals surface area contributed by atoms with Crippen molar-refractivity contribution in [3.8, 4) is 0 Å². The second kappa shape index (κ2) is 4.62. The molecule has 0 aromatic heterocycles. The van der Waals surface area contributed by atoms with Crippen molar-refractivity contribution in [3.63, 3.8) is 0 Å². The average Bonchev–Trinajstić information content (AvgIpc) is 2.19. The second-order valence-corrected chi connectivity index (χ2v) is 3.16. The molecule has 0 fully saturated rings. The minimum absolute atomic E-state index is 0.403. The number of hydrogen-bond donors (Lipinski definition) is 2. The van der Waals surface area contributed by atoms with E-state index in [0.717, 1.165) is 11.1 Å². The largest absolute Gasteiger partial charge is 0.465 e. The molecule has 0 bridgehead atoms. The lowest BCUT2D eigenvalue weighted by atomic mass is 10.1. The van der Waals surface area contributed by atoms with Crippen molar-refractivity contribution in [3.05, 3.63) is 35.4 Å². The highest BCUT2D eigenvalue weighted by Gasteiger charge is 2.05. The van der Waals surface area contributed by atoms with E-state index >= 15 is 0 Å².